The summed E-state index contributed by atoms with van der Waals surface area (Å²) >= 11 is 0. The summed E-state index contributed by atoms with van der Waals surface area (Å²) in [6.45, 7) is 5.15. The molecule has 0 spiro atoms. The van der Waals surface area contributed by atoms with E-state index in [-0.39, 0.29) is 24.5 Å². The smallest absolute Gasteiger partial charge is 0.407 e. The minimum atomic E-state index is -0.964. The standard InChI is InChI=1S/C17H22N4O5/c1-17(2,3)26-16(23)20-9-11(22)8-19-15-12-6-4-5-7-13(12)18-10-14(15)21(24)25/h4-7,10-11,22H,8-9H2,1-3H3,(H,18,19)(H,20,23). The minimum absolute atomic E-state index is 0.00461. The van der Waals surface area contributed by atoms with Crippen LogP contribution in [0.1, 0.15) is 20.8 Å². The summed E-state index contributed by atoms with van der Waals surface area (Å²) < 4.78 is 5.08. The van der Waals surface area contributed by atoms with Gasteiger partial charge in [0.2, 0.25) is 0 Å². The first-order valence-corrected chi connectivity index (χ1v) is 8.08. The van der Waals surface area contributed by atoms with Crippen LogP contribution in [0.15, 0.2) is 30.5 Å². The summed E-state index contributed by atoms with van der Waals surface area (Å²) in [6.07, 6.45) is -0.429. The van der Waals surface area contributed by atoms with E-state index < -0.39 is 22.7 Å². The number of benzene rings is 1. The van der Waals surface area contributed by atoms with E-state index in [1.54, 1.807) is 45.0 Å². The van der Waals surface area contributed by atoms with Crippen LogP contribution in [0, 0.1) is 10.1 Å². The van der Waals surface area contributed by atoms with Gasteiger partial charge >= 0.3 is 11.8 Å². The number of pyridine rings is 1. The van der Waals surface area contributed by atoms with Crippen LogP contribution >= 0.6 is 0 Å². The second-order valence-corrected chi connectivity index (χ2v) is 6.71. The molecule has 0 saturated heterocycles. The first kappa shape index (κ1) is 19.4. The molecule has 140 valence electrons. The number of carbonyl (C=O) groups is 1. The van der Waals surface area contributed by atoms with Gasteiger partial charge in [0.15, 0.2) is 0 Å². The molecule has 2 aromatic rings. The Morgan fingerprint density at radius 2 is 2.04 bits per heavy atom. The fraction of sp³-hybridized carbons (Fsp3) is 0.412. The number of hydrogen-bond donors (Lipinski definition) is 3. The number of rotatable bonds is 6. The van der Waals surface area contributed by atoms with Crippen LogP contribution in [-0.4, -0.2) is 45.9 Å². The lowest BCUT2D eigenvalue weighted by Crippen LogP contribution is -2.39. The largest absolute Gasteiger partial charge is 0.444 e. The van der Waals surface area contributed by atoms with Crippen molar-refractivity contribution in [2.24, 2.45) is 0 Å². The molecule has 9 nitrogen and oxygen atoms in total. The molecule has 0 aliphatic heterocycles. The minimum Gasteiger partial charge on any atom is -0.444 e. The fourth-order valence-electron chi connectivity index (χ4n) is 2.26. The predicted octanol–water partition coefficient (Wildman–Crippen LogP) is 2.44. The molecule has 0 fully saturated rings. The lowest BCUT2D eigenvalue weighted by molar-refractivity contribution is -0.384. The summed E-state index contributed by atoms with van der Waals surface area (Å²) in [7, 11) is 0. The second-order valence-electron chi connectivity index (χ2n) is 6.71. The van der Waals surface area contributed by atoms with Crippen LogP contribution in [0.3, 0.4) is 0 Å². The van der Waals surface area contributed by atoms with Crippen molar-refractivity contribution >= 4 is 28.4 Å². The first-order valence-electron chi connectivity index (χ1n) is 8.08. The van der Waals surface area contributed by atoms with E-state index in [0.717, 1.165) is 0 Å². The van der Waals surface area contributed by atoms with Crippen molar-refractivity contribution in [3.63, 3.8) is 0 Å². The molecule has 0 saturated carbocycles. The molecule has 1 heterocycles. The van der Waals surface area contributed by atoms with Crippen LogP contribution in [0.2, 0.25) is 0 Å². The number of fused-ring (bicyclic) bond motifs is 1. The van der Waals surface area contributed by atoms with Crippen molar-refractivity contribution in [3.05, 3.63) is 40.6 Å². The van der Waals surface area contributed by atoms with Gasteiger partial charge in [-0.15, -0.1) is 0 Å². The Kier molecular flexibility index (Phi) is 5.93. The van der Waals surface area contributed by atoms with E-state index in [2.05, 4.69) is 15.6 Å². The molecule has 0 aliphatic rings. The number of nitro groups is 1. The molecule has 1 aromatic carbocycles. The molecular formula is C17H22N4O5. The molecule has 1 unspecified atom stereocenters. The number of alkyl carbamates (subject to hydrolysis) is 1. The van der Waals surface area contributed by atoms with Crippen LogP contribution in [-0.2, 0) is 4.74 Å². The Hall–Kier alpha value is -2.94. The van der Waals surface area contributed by atoms with E-state index in [9.17, 15) is 20.0 Å². The van der Waals surface area contributed by atoms with Crippen LogP contribution in [0.25, 0.3) is 10.9 Å². The van der Waals surface area contributed by atoms with Gasteiger partial charge in [0.05, 0.1) is 16.5 Å². The SMILES string of the molecule is CC(C)(C)OC(=O)NCC(O)CNc1c([N+](=O)[O-])cnc2ccccc12. The van der Waals surface area contributed by atoms with Crippen LogP contribution in [0.5, 0.6) is 0 Å². The maximum absolute atomic E-state index is 11.6. The van der Waals surface area contributed by atoms with Gasteiger partial charge in [0, 0.05) is 18.5 Å². The number of aliphatic hydroxyl groups is 1. The molecule has 9 heteroatoms. The highest BCUT2D eigenvalue weighted by Gasteiger charge is 2.20. The average molecular weight is 362 g/mol. The van der Waals surface area contributed by atoms with Crippen molar-refractivity contribution in [2.75, 3.05) is 18.4 Å². The number of anilines is 1. The molecule has 0 bridgehead atoms. The molecule has 1 atom stereocenters. The van der Waals surface area contributed by atoms with Crippen molar-refractivity contribution in [2.45, 2.75) is 32.5 Å². The number of aromatic nitrogens is 1. The zero-order valence-corrected chi connectivity index (χ0v) is 14.9. The van der Waals surface area contributed by atoms with Gasteiger partial charge in [-0.05, 0) is 26.8 Å². The van der Waals surface area contributed by atoms with Crippen molar-refractivity contribution in [3.8, 4) is 0 Å². The zero-order chi connectivity index (χ0) is 19.3. The Bertz CT molecular complexity index is 803. The van der Waals surface area contributed by atoms with Crippen molar-refractivity contribution in [1.82, 2.24) is 10.3 Å². The molecule has 3 N–H and O–H groups in total. The number of aliphatic hydroxyl groups excluding tert-OH is 1. The van der Waals surface area contributed by atoms with Crippen molar-refractivity contribution < 1.29 is 19.6 Å². The topological polar surface area (TPSA) is 127 Å². The average Bonchev–Trinajstić information content (AvgIpc) is 2.56. The third-order valence-corrected chi connectivity index (χ3v) is 3.35. The van der Waals surface area contributed by atoms with Crippen molar-refractivity contribution in [1.29, 1.82) is 0 Å². The highest BCUT2D eigenvalue weighted by molar-refractivity contribution is 5.95. The summed E-state index contributed by atoms with van der Waals surface area (Å²) in [6, 6.07) is 6.98. The molecule has 0 aliphatic carbocycles. The zero-order valence-electron chi connectivity index (χ0n) is 14.9. The van der Waals surface area contributed by atoms with Crippen LogP contribution in [0.4, 0.5) is 16.2 Å². The van der Waals surface area contributed by atoms with Gasteiger partial charge in [-0.3, -0.25) is 10.1 Å². The number of nitrogens with one attached hydrogen (secondary N) is 2. The summed E-state index contributed by atoms with van der Waals surface area (Å²) in [5.41, 5.74) is 0.0546. The van der Waals surface area contributed by atoms with E-state index in [1.807, 2.05) is 0 Å². The Morgan fingerprint density at radius 3 is 2.69 bits per heavy atom. The van der Waals surface area contributed by atoms with Gasteiger partial charge in [-0.2, -0.15) is 0 Å². The number of para-hydroxylation sites is 1. The molecule has 0 radical (unpaired) electrons. The molecule has 2 rings (SSSR count). The van der Waals surface area contributed by atoms with Gasteiger partial charge in [0.1, 0.15) is 17.5 Å². The lowest BCUT2D eigenvalue weighted by atomic mass is 10.1. The number of hydrogen-bond acceptors (Lipinski definition) is 7. The van der Waals surface area contributed by atoms with Gasteiger partial charge in [0.25, 0.3) is 0 Å². The van der Waals surface area contributed by atoms with E-state index in [1.165, 1.54) is 6.20 Å². The quantitative estimate of drug-likeness (QED) is 0.532. The van der Waals surface area contributed by atoms with Gasteiger partial charge in [-0.25, -0.2) is 9.78 Å². The maximum atomic E-state index is 11.6. The summed E-state index contributed by atoms with van der Waals surface area (Å²) in [4.78, 5) is 26.4. The number of carbonyl (C=O) groups excluding carboxylic acids is 1. The number of amides is 1. The Balaban J connectivity index is 2.03. The summed E-state index contributed by atoms with van der Waals surface area (Å²) in [5, 5.41) is 27.2. The highest BCUT2D eigenvalue weighted by atomic mass is 16.6. The lowest BCUT2D eigenvalue weighted by Gasteiger charge is -2.20. The predicted molar refractivity (Wildman–Crippen MR) is 97.1 cm³/mol. The van der Waals surface area contributed by atoms with E-state index in [0.29, 0.717) is 10.9 Å². The van der Waals surface area contributed by atoms with Gasteiger partial charge in [-0.1, -0.05) is 18.2 Å². The monoisotopic (exact) mass is 362 g/mol. The normalized spacial score (nSPS) is 12.5. The molecule has 26 heavy (non-hydrogen) atoms. The molecular weight excluding hydrogens is 340 g/mol. The molecule has 1 aromatic heterocycles. The van der Waals surface area contributed by atoms with Crippen LogP contribution < -0.4 is 10.6 Å². The van der Waals surface area contributed by atoms with E-state index in [4.69, 9.17) is 4.74 Å². The van der Waals surface area contributed by atoms with E-state index >= 15 is 0 Å². The summed E-state index contributed by atoms with van der Waals surface area (Å²) in [5.74, 6) is 0. The van der Waals surface area contributed by atoms with Gasteiger partial charge < -0.3 is 20.5 Å². The second kappa shape index (κ2) is 7.96. The number of nitrogens with zero attached hydrogens (tertiary/aromatic N) is 2. The maximum Gasteiger partial charge on any atom is 0.407 e. The fourth-order valence-corrected chi connectivity index (χ4v) is 2.26. The first-order chi connectivity index (χ1) is 12.2. The third-order valence-electron chi connectivity index (χ3n) is 3.35. The molecule has 1 amide bonds. The highest BCUT2D eigenvalue weighted by Crippen LogP contribution is 2.31. The Morgan fingerprint density at radius 1 is 1.35 bits per heavy atom. The number of ether oxygens (including phenoxy) is 1. The third kappa shape index (κ3) is 5.28. The Labute approximate surface area is 150 Å².